The Morgan fingerprint density at radius 2 is 1.70 bits per heavy atom. The number of amides is 4. The van der Waals surface area contributed by atoms with Crippen molar-refractivity contribution in [1.29, 1.82) is 0 Å². The number of aromatic nitrogens is 1. The predicted octanol–water partition coefficient (Wildman–Crippen LogP) is 4.84. The Labute approximate surface area is 300 Å². The number of hydrogen-bond acceptors (Lipinski definition) is 9. The molecule has 276 valence electrons. The van der Waals surface area contributed by atoms with Gasteiger partial charge in [-0.05, 0) is 76.3 Å². The Balaban J connectivity index is 1.27. The highest BCUT2D eigenvalue weighted by molar-refractivity contribution is 7.13. The highest BCUT2D eigenvalue weighted by Gasteiger charge is 2.44. The van der Waals surface area contributed by atoms with Crippen molar-refractivity contribution in [3.05, 3.63) is 41.0 Å². The fraction of sp³-hybridized carbons (Fsp3) is 0.649. The van der Waals surface area contributed by atoms with Crippen LogP contribution in [0.25, 0.3) is 10.4 Å². The fourth-order valence-corrected chi connectivity index (χ4v) is 7.18. The molecule has 50 heavy (non-hydrogen) atoms. The molecule has 2 aliphatic rings. The molecule has 13 heteroatoms. The molecule has 0 bridgehead atoms. The van der Waals surface area contributed by atoms with Crippen LogP contribution in [0.3, 0.4) is 0 Å². The Hall–Kier alpha value is -3.55. The van der Waals surface area contributed by atoms with Crippen molar-refractivity contribution in [2.45, 2.75) is 111 Å². The van der Waals surface area contributed by atoms with Crippen LogP contribution >= 0.6 is 11.3 Å². The molecule has 2 saturated heterocycles. The summed E-state index contributed by atoms with van der Waals surface area (Å²) in [4.78, 5) is 61.4. The van der Waals surface area contributed by atoms with Gasteiger partial charge in [0.1, 0.15) is 24.3 Å². The van der Waals surface area contributed by atoms with E-state index in [1.165, 1.54) is 4.90 Å². The van der Waals surface area contributed by atoms with E-state index in [-0.39, 0.29) is 37.6 Å². The first kappa shape index (κ1) is 39.2. The Bertz CT molecular complexity index is 1470. The topological polar surface area (TPSA) is 150 Å². The van der Waals surface area contributed by atoms with Crippen molar-refractivity contribution in [3.8, 4) is 10.4 Å². The SMILES string of the molecule is Cc1ncsc1-c1ccc([C@H](C)NC(=O)[C@@H]2C[C@@H](O)CN2C(=O)[C@@H](NC(=O)COCCC2CCN(C(=O)OC(C)(C)C)CC2)C(C)(C)C)cc1. The first-order chi connectivity index (χ1) is 23.4. The van der Waals surface area contributed by atoms with Gasteiger partial charge < -0.3 is 35.0 Å². The van der Waals surface area contributed by atoms with Crippen LogP contribution in [0.2, 0.25) is 0 Å². The van der Waals surface area contributed by atoms with Crippen LogP contribution < -0.4 is 10.6 Å². The van der Waals surface area contributed by atoms with Gasteiger partial charge in [0, 0.05) is 32.7 Å². The summed E-state index contributed by atoms with van der Waals surface area (Å²) >= 11 is 1.58. The number of benzene rings is 1. The molecular formula is C37H55N5O7S. The zero-order valence-electron chi connectivity index (χ0n) is 30.8. The Morgan fingerprint density at radius 3 is 2.28 bits per heavy atom. The van der Waals surface area contributed by atoms with Gasteiger partial charge in [-0.3, -0.25) is 14.4 Å². The number of carbonyl (C=O) groups excluding carboxylic acids is 4. The third-order valence-electron chi connectivity index (χ3n) is 9.23. The summed E-state index contributed by atoms with van der Waals surface area (Å²) in [6.07, 6.45) is 1.39. The fourth-order valence-electron chi connectivity index (χ4n) is 6.36. The molecule has 4 rings (SSSR count). The molecule has 4 atom stereocenters. The summed E-state index contributed by atoms with van der Waals surface area (Å²) < 4.78 is 11.2. The number of thiazole rings is 1. The third-order valence-corrected chi connectivity index (χ3v) is 10.2. The molecule has 1 aromatic carbocycles. The van der Waals surface area contributed by atoms with Crippen molar-refractivity contribution >= 4 is 35.2 Å². The molecule has 0 aliphatic carbocycles. The van der Waals surface area contributed by atoms with Crippen LogP contribution in [0.5, 0.6) is 0 Å². The van der Waals surface area contributed by atoms with Crippen LogP contribution in [0.4, 0.5) is 4.79 Å². The number of ether oxygens (including phenoxy) is 2. The van der Waals surface area contributed by atoms with Crippen LogP contribution in [-0.2, 0) is 23.9 Å². The van der Waals surface area contributed by atoms with Crippen molar-refractivity contribution in [3.63, 3.8) is 0 Å². The number of aliphatic hydroxyl groups excluding tert-OH is 1. The monoisotopic (exact) mass is 713 g/mol. The van der Waals surface area contributed by atoms with E-state index in [0.29, 0.717) is 25.6 Å². The van der Waals surface area contributed by atoms with Crippen molar-refractivity contribution in [1.82, 2.24) is 25.4 Å². The highest BCUT2D eigenvalue weighted by Crippen LogP contribution is 2.30. The first-order valence-electron chi connectivity index (χ1n) is 17.6. The van der Waals surface area contributed by atoms with Gasteiger partial charge in [0.2, 0.25) is 17.7 Å². The van der Waals surface area contributed by atoms with Crippen molar-refractivity contribution in [2.24, 2.45) is 11.3 Å². The molecule has 0 unspecified atom stereocenters. The number of hydrogen-bond donors (Lipinski definition) is 3. The minimum Gasteiger partial charge on any atom is -0.444 e. The molecule has 1 aromatic heterocycles. The molecule has 0 radical (unpaired) electrons. The van der Waals surface area contributed by atoms with E-state index in [1.807, 2.05) is 85.2 Å². The van der Waals surface area contributed by atoms with Crippen LogP contribution in [0.15, 0.2) is 29.8 Å². The van der Waals surface area contributed by atoms with Gasteiger partial charge in [-0.15, -0.1) is 11.3 Å². The third kappa shape index (κ3) is 10.7. The standard InChI is InChI=1S/C37H55N5O7S/c1-23(26-9-11-27(12-10-26)31-24(2)38-22-50-31)39-33(45)29-19-28(43)20-42(29)34(46)32(36(3,4)5)40-30(44)21-48-18-15-25-13-16-41(17-14-25)35(47)49-37(6,7)8/h9-12,22-23,25,28-29,32,43H,13-21H2,1-8H3,(H,39,45)(H,40,44)/t23-,28+,29-,32+/m0/s1. The summed E-state index contributed by atoms with van der Waals surface area (Å²) in [6, 6.07) is 5.80. The summed E-state index contributed by atoms with van der Waals surface area (Å²) in [5.41, 5.74) is 3.55. The summed E-state index contributed by atoms with van der Waals surface area (Å²) in [6.45, 7) is 16.4. The van der Waals surface area contributed by atoms with E-state index >= 15 is 0 Å². The maximum absolute atomic E-state index is 13.9. The van der Waals surface area contributed by atoms with Crippen LogP contribution in [0, 0.1) is 18.3 Å². The quantitative estimate of drug-likeness (QED) is 0.280. The number of nitrogens with one attached hydrogen (secondary N) is 2. The lowest BCUT2D eigenvalue weighted by Gasteiger charge is -2.35. The van der Waals surface area contributed by atoms with E-state index in [1.54, 1.807) is 16.2 Å². The zero-order valence-corrected chi connectivity index (χ0v) is 31.6. The lowest BCUT2D eigenvalue weighted by molar-refractivity contribution is -0.144. The van der Waals surface area contributed by atoms with E-state index in [9.17, 15) is 24.3 Å². The number of likely N-dealkylation sites (tertiary alicyclic amines) is 2. The minimum atomic E-state index is -0.934. The minimum absolute atomic E-state index is 0.000106. The lowest BCUT2D eigenvalue weighted by Crippen LogP contribution is -2.58. The molecule has 2 aromatic rings. The Kier molecular flexibility index (Phi) is 13.1. The molecule has 3 N–H and O–H groups in total. The van der Waals surface area contributed by atoms with Crippen molar-refractivity contribution in [2.75, 3.05) is 32.8 Å². The lowest BCUT2D eigenvalue weighted by atomic mass is 9.85. The molecular weight excluding hydrogens is 659 g/mol. The normalized spacial score (nSPS) is 19.9. The summed E-state index contributed by atoms with van der Waals surface area (Å²) in [5.74, 6) is -0.829. The second kappa shape index (κ2) is 16.6. The largest absolute Gasteiger partial charge is 0.444 e. The molecule has 2 fully saturated rings. The van der Waals surface area contributed by atoms with Gasteiger partial charge in [-0.25, -0.2) is 9.78 Å². The van der Waals surface area contributed by atoms with Gasteiger partial charge in [-0.2, -0.15) is 0 Å². The number of piperidine rings is 1. The van der Waals surface area contributed by atoms with Crippen LogP contribution in [0.1, 0.15) is 91.4 Å². The average Bonchev–Trinajstić information content (AvgIpc) is 3.65. The van der Waals surface area contributed by atoms with Gasteiger partial charge >= 0.3 is 6.09 Å². The van der Waals surface area contributed by atoms with Gasteiger partial charge in [0.05, 0.1) is 28.2 Å². The van der Waals surface area contributed by atoms with Crippen molar-refractivity contribution < 1.29 is 33.8 Å². The summed E-state index contributed by atoms with van der Waals surface area (Å²) in [7, 11) is 0. The molecule has 12 nitrogen and oxygen atoms in total. The number of β-amino-alcohol motifs (C(OH)–C–C–N with tert-alkyl or cyclic N) is 1. The molecule has 4 amide bonds. The number of rotatable bonds is 11. The zero-order chi connectivity index (χ0) is 36.8. The van der Waals surface area contributed by atoms with E-state index < -0.39 is 41.0 Å². The van der Waals surface area contributed by atoms with E-state index in [0.717, 1.165) is 41.0 Å². The first-order valence-corrected chi connectivity index (χ1v) is 18.4. The molecule has 3 heterocycles. The van der Waals surface area contributed by atoms with Crippen LogP contribution in [-0.4, -0.2) is 100 Å². The number of carbonyl (C=O) groups is 4. The maximum atomic E-state index is 13.9. The number of aryl methyl sites for hydroxylation is 1. The highest BCUT2D eigenvalue weighted by atomic mass is 32.1. The average molecular weight is 714 g/mol. The predicted molar refractivity (Wildman–Crippen MR) is 192 cm³/mol. The van der Waals surface area contributed by atoms with Gasteiger partial charge in [0.15, 0.2) is 0 Å². The molecule has 0 spiro atoms. The second-order valence-electron chi connectivity index (χ2n) is 15.6. The second-order valence-corrected chi connectivity index (χ2v) is 16.5. The van der Waals surface area contributed by atoms with Gasteiger partial charge in [0.25, 0.3) is 0 Å². The Morgan fingerprint density at radius 1 is 1.04 bits per heavy atom. The molecule has 0 saturated carbocycles. The smallest absolute Gasteiger partial charge is 0.410 e. The van der Waals surface area contributed by atoms with E-state index in [2.05, 4.69) is 15.6 Å². The van der Waals surface area contributed by atoms with E-state index in [4.69, 9.17) is 9.47 Å². The van der Waals surface area contributed by atoms with Gasteiger partial charge in [-0.1, -0.05) is 45.0 Å². The number of nitrogens with zero attached hydrogens (tertiary/aromatic N) is 3. The number of aliphatic hydroxyl groups is 1. The maximum Gasteiger partial charge on any atom is 0.410 e. The molecule has 2 aliphatic heterocycles. The summed E-state index contributed by atoms with van der Waals surface area (Å²) in [5, 5.41) is 16.4.